The number of para-hydroxylation sites is 1. The van der Waals surface area contributed by atoms with Crippen LogP contribution in [0.1, 0.15) is 0 Å². The summed E-state index contributed by atoms with van der Waals surface area (Å²) in [6.45, 7) is 3.41. The highest BCUT2D eigenvalue weighted by Crippen LogP contribution is 2.19. The van der Waals surface area contributed by atoms with Crippen LogP contribution in [0, 0.1) is 0 Å². The average molecular weight is 405 g/mol. The topological polar surface area (TPSA) is 55.9 Å². The van der Waals surface area contributed by atoms with Gasteiger partial charge in [0, 0.05) is 51.6 Å². The molecule has 8 heteroatoms. The molecule has 0 aliphatic carbocycles. The second kappa shape index (κ2) is 8.24. The highest BCUT2D eigenvalue weighted by molar-refractivity contribution is 7.89. The zero-order chi connectivity index (χ0) is 19.4. The molecule has 27 heavy (non-hydrogen) atoms. The Morgan fingerprint density at radius 3 is 2.30 bits per heavy atom. The van der Waals surface area contributed by atoms with Crippen molar-refractivity contribution in [2.24, 2.45) is 0 Å². The van der Waals surface area contributed by atoms with Crippen LogP contribution in [0.15, 0.2) is 59.5 Å². The van der Waals surface area contributed by atoms with Crippen molar-refractivity contribution in [3.8, 4) is 0 Å². The van der Waals surface area contributed by atoms with E-state index >= 15 is 0 Å². The van der Waals surface area contributed by atoms with E-state index < -0.39 is 10.0 Å². The van der Waals surface area contributed by atoms with Crippen LogP contribution < -0.4 is 10.2 Å². The fourth-order valence-electron chi connectivity index (χ4n) is 2.95. The zero-order valence-corrected chi connectivity index (χ0v) is 17.1. The second-order valence-electron chi connectivity index (χ2n) is 6.56. The van der Waals surface area contributed by atoms with Crippen molar-refractivity contribution in [2.45, 2.75) is 4.90 Å². The number of sulfonamides is 1. The molecule has 0 unspecified atom stereocenters. The van der Waals surface area contributed by atoms with Crippen LogP contribution >= 0.6 is 12.2 Å². The molecule has 1 heterocycles. The van der Waals surface area contributed by atoms with Gasteiger partial charge in [0.2, 0.25) is 10.0 Å². The van der Waals surface area contributed by atoms with E-state index in [1.54, 1.807) is 18.2 Å². The minimum atomic E-state index is -3.47. The number of nitrogens with zero attached hydrogens (tertiary/aromatic N) is 3. The van der Waals surface area contributed by atoms with Crippen LogP contribution in [-0.2, 0) is 10.0 Å². The molecule has 6 nitrogen and oxygen atoms in total. The SMILES string of the molecule is CN(C)S(=O)(=O)c1cccc(NC(=S)N2CCN(c3ccccc3)CC2)c1. The molecule has 0 radical (unpaired) electrons. The van der Waals surface area contributed by atoms with E-state index in [2.05, 4.69) is 27.2 Å². The molecular formula is C19H24N4O2S2. The van der Waals surface area contributed by atoms with Crippen molar-refractivity contribution in [1.29, 1.82) is 0 Å². The molecular weight excluding hydrogens is 380 g/mol. The maximum Gasteiger partial charge on any atom is 0.242 e. The largest absolute Gasteiger partial charge is 0.368 e. The van der Waals surface area contributed by atoms with Crippen molar-refractivity contribution < 1.29 is 8.42 Å². The number of benzene rings is 2. The Hall–Kier alpha value is -2.16. The summed E-state index contributed by atoms with van der Waals surface area (Å²) in [5.74, 6) is 0. The fraction of sp³-hybridized carbons (Fsp3) is 0.316. The molecule has 0 bridgehead atoms. The van der Waals surface area contributed by atoms with Gasteiger partial charge >= 0.3 is 0 Å². The van der Waals surface area contributed by atoms with Gasteiger partial charge in [0.1, 0.15) is 0 Å². The van der Waals surface area contributed by atoms with E-state index in [9.17, 15) is 8.42 Å². The summed E-state index contributed by atoms with van der Waals surface area (Å²) in [7, 11) is -0.428. The third-order valence-corrected chi connectivity index (χ3v) is 6.72. The van der Waals surface area contributed by atoms with Crippen molar-refractivity contribution in [2.75, 3.05) is 50.5 Å². The Balaban J connectivity index is 1.62. The molecule has 0 saturated carbocycles. The Morgan fingerprint density at radius 1 is 1.00 bits per heavy atom. The highest BCUT2D eigenvalue weighted by atomic mass is 32.2. The number of hydrogen-bond donors (Lipinski definition) is 1. The summed E-state index contributed by atoms with van der Waals surface area (Å²) in [5, 5.41) is 3.79. The summed E-state index contributed by atoms with van der Waals surface area (Å²) >= 11 is 5.54. The first-order valence-corrected chi connectivity index (χ1v) is 10.6. The number of hydrogen-bond acceptors (Lipinski definition) is 4. The molecule has 0 atom stereocenters. The maximum atomic E-state index is 12.3. The third kappa shape index (κ3) is 4.58. The minimum Gasteiger partial charge on any atom is -0.368 e. The molecule has 1 aliphatic heterocycles. The molecule has 3 rings (SSSR count). The normalized spacial score (nSPS) is 15.1. The lowest BCUT2D eigenvalue weighted by Gasteiger charge is -2.37. The first kappa shape index (κ1) is 19.6. The highest BCUT2D eigenvalue weighted by Gasteiger charge is 2.20. The summed E-state index contributed by atoms with van der Waals surface area (Å²) < 4.78 is 25.8. The van der Waals surface area contributed by atoms with E-state index in [4.69, 9.17) is 12.2 Å². The van der Waals surface area contributed by atoms with Crippen LogP contribution in [0.4, 0.5) is 11.4 Å². The molecule has 0 amide bonds. The summed E-state index contributed by atoms with van der Waals surface area (Å²) in [6, 6.07) is 17.1. The van der Waals surface area contributed by atoms with Crippen LogP contribution in [0.25, 0.3) is 0 Å². The minimum absolute atomic E-state index is 0.245. The molecule has 2 aromatic carbocycles. The zero-order valence-electron chi connectivity index (χ0n) is 15.5. The second-order valence-corrected chi connectivity index (χ2v) is 9.09. The Bertz CT molecular complexity index is 893. The van der Waals surface area contributed by atoms with Gasteiger partial charge in [-0.3, -0.25) is 0 Å². The van der Waals surface area contributed by atoms with Crippen LogP contribution in [0.5, 0.6) is 0 Å². The lowest BCUT2D eigenvalue weighted by molar-refractivity contribution is 0.391. The van der Waals surface area contributed by atoms with Gasteiger partial charge in [-0.1, -0.05) is 24.3 Å². The lowest BCUT2D eigenvalue weighted by Crippen LogP contribution is -2.50. The van der Waals surface area contributed by atoms with Crippen molar-refractivity contribution in [3.63, 3.8) is 0 Å². The first-order chi connectivity index (χ1) is 12.9. The summed E-state index contributed by atoms with van der Waals surface area (Å²) in [6.07, 6.45) is 0. The van der Waals surface area contributed by atoms with E-state index in [-0.39, 0.29) is 4.90 Å². The lowest BCUT2D eigenvalue weighted by atomic mass is 10.2. The van der Waals surface area contributed by atoms with Crippen LogP contribution in [0.2, 0.25) is 0 Å². The smallest absolute Gasteiger partial charge is 0.242 e. The fourth-order valence-corrected chi connectivity index (χ4v) is 4.20. The maximum absolute atomic E-state index is 12.3. The van der Waals surface area contributed by atoms with E-state index in [1.165, 1.54) is 24.1 Å². The average Bonchev–Trinajstić information content (AvgIpc) is 2.69. The standard InChI is InChI=1S/C19H24N4O2S2/c1-21(2)27(24,25)18-10-6-7-16(15-18)20-19(26)23-13-11-22(12-14-23)17-8-4-3-5-9-17/h3-10,15H,11-14H2,1-2H3,(H,20,26). The van der Waals surface area contributed by atoms with Crippen molar-refractivity contribution in [1.82, 2.24) is 9.21 Å². The van der Waals surface area contributed by atoms with Crippen LogP contribution in [-0.4, -0.2) is 63.0 Å². The number of anilines is 2. The van der Waals surface area contributed by atoms with Gasteiger partial charge < -0.3 is 15.1 Å². The van der Waals surface area contributed by atoms with E-state index in [1.807, 2.05) is 24.3 Å². The Labute approximate surface area is 166 Å². The number of piperazine rings is 1. The predicted octanol–water partition coefficient (Wildman–Crippen LogP) is 2.46. The molecule has 1 fully saturated rings. The van der Waals surface area contributed by atoms with E-state index in [0.717, 1.165) is 26.2 Å². The van der Waals surface area contributed by atoms with Gasteiger partial charge in [-0.15, -0.1) is 0 Å². The molecule has 144 valence electrons. The Kier molecular flexibility index (Phi) is 5.98. The molecule has 1 saturated heterocycles. The number of nitrogens with one attached hydrogen (secondary N) is 1. The molecule has 0 aromatic heterocycles. The summed E-state index contributed by atoms with van der Waals surface area (Å²) in [5.41, 5.74) is 1.89. The van der Waals surface area contributed by atoms with Gasteiger partial charge in [-0.25, -0.2) is 12.7 Å². The van der Waals surface area contributed by atoms with Gasteiger partial charge in [-0.05, 0) is 42.5 Å². The predicted molar refractivity (Wildman–Crippen MR) is 114 cm³/mol. The summed E-state index contributed by atoms with van der Waals surface area (Å²) in [4.78, 5) is 4.69. The van der Waals surface area contributed by atoms with E-state index in [0.29, 0.717) is 10.8 Å². The van der Waals surface area contributed by atoms with Crippen molar-refractivity contribution >= 4 is 38.7 Å². The Morgan fingerprint density at radius 2 is 1.67 bits per heavy atom. The monoisotopic (exact) mass is 404 g/mol. The third-order valence-electron chi connectivity index (χ3n) is 4.55. The van der Waals surface area contributed by atoms with Gasteiger partial charge in [0.05, 0.1) is 4.90 Å². The van der Waals surface area contributed by atoms with Gasteiger partial charge in [0.15, 0.2) is 5.11 Å². The van der Waals surface area contributed by atoms with Crippen molar-refractivity contribution in [3.05, 3.63) is 54.6 Å². The molecule has 0 spiro atoms. The van der Waals surface area contributed by atoms with Gasteiger partial charge in [-0.2, -0.15) is 0 Å². The van der Waals surface area contributed by atoms with Crippen LogP contribution in [0.3, 0.4) is 0 Å². The molecule has 2 aromatic rings. The molecule has 1 aliphatic rings. The quantitative estimate of drug-likeness (QED) is 0.790. The first-order valence-electron chi connectivity index (χ1n) is 8.76. The number of thiocarbonyl (C=S) groups is 1. The van der Waals surface area contributed by atoms with Gasteiger partial charge in [0.25, 0.3) is 0 Å². The molecule has 1 N–H and O–H groups in total. The number of rotatable bonds is 4.